The number of hydrogen-bond acceptors (Lipinski definition) is 3. The fraction of sp³-hybridized carbons (Fsp3) is 0.500. The van der Waals surface area contributed by atoms with Gasteiger partial charge in [-0.25, -0.2) is 9.97 Å². The minimum Gasteiger partial charge on any atom is -0.302 e. The van der Waals surface area contributed by atoms with Crippen LogP contribution >= 0.6 is 22.6 Å². The van der Waals surface area contributed by atoms with Crippen molar-refractivity contribution >= 4 is 22.6 Å². The van der Waals surface area contributed by atoms with E-state index < -0.39 is 5.95 Å². The molecular weight excluding hydrogens is 284 g/mol. The van der Waals surface area contributed by atoms with Gasteiger partial charge < -0.3 is 4.90 Å². The van der Waals surface area contributed by atoms with Crippen molar-refractivity contribution in [2.24, 2.45) is 0 Å². The molecule has 0 aliphatic rings. The SMILES string of the molecule is Cc1nc(CN(C)C)nc(F)c1I. The zero-order chi connectivity index (χ0) is 10.0. The first kappa shape index (κ1) is 10.8. The zero-order valence-corrected chi connectivity index (χ0v) is 9.96. The first-order valence-corrected chi connectivity index (χ1v) is 4.92. The summed E-state index contributed by atoms with van der Waals surface area (Å²) in [5.74, 6) is 0.102. The molecule has 0 bridgehead atoms. The summed E-state index contributed by atoms with van der Waals surface area (Å²) >= 11 is 1.91. The van der Waals surface area contributed by atoms with Crippen molar-refractivity contribution in [2.45, 2.75) is 13.5 Å². The second-order valence-corrected chi connectivity index (χ2v) is 4.15. The van der Waals surface area contributed by atoms with Gasteiger partial charge in [0.15, 0.2) is 0 Å². The number of rotatable bonds is 2. The van der Waals surface area contributed by atoms with Gasteiger partial charge in [-0.1, -0.05) is 0 Å². The van der Waals surface area contributed by atoms with E-state index in [2.05, 4.69) is 9.97 Å². The van der Waals surface area contributed by atoms with Crippen molar-refractivity contribution in [1.29, 1.82) is 0 Å². The molecule has 0 aromatic carbocycles. The average Bonchev–Trinajstić information content (AvgIpc) is 1.98. The molecule has 0 saturated heterocycles. The summed E-state index contributed by atoms with van der Waals surface area (Å²) in [6.07, 6.45) is 0. The predicted molar refractivity (Wildman–Crippen MR) is 56.8 cm³/mol. The lowest BCUT2D eigenvalue weighted by atomic mass is 10.4. The minimum absolute atomic E-state index is 0.426. The molecule has 1 rings (SSSR count). The molecule has 3 nitrogen and oxygen atoms in total. The van der Waals surface area contributed by atoms with Crippen LogP contribution in [0.15, 0.2) is 0 Å². The standard InChI is InChI=1S/C8H11FIN3/c1-5-7(10)8(9)12-6(11-5)4-13(2)3/h4H2,1-3H3. The molecule has 0 radical (unpaired) electrons. The molecule has 0 N–H and O–H groups in total. The molecule has 1 aromatic rings. The Balaban J connectivity index is 2.99. The Morgan fingerprint density at radius 1 is 1.38 bits per heavy atom. The average molecular weight is 295 g/mol. The number of hydrogen-bond donors (Lipinski definition) is 0. The first-order chi connectivity index (χ1) is 6.00. The zero-order valence-electron chi connectivity index (χ0n) is 7.80. The van der Waals surface area contributed by atoms with E-state index in [1.807, 2.05) is 41.6 Å². The Morgan fingerprint density at radius 3 is 2.46 bits per heavy atom. The highest BCUT2D eigenvalue weighted by Gasteiger charge is 2.08. The maximum Gasteiger partial charge on any atom is 0.229 e. The smallest absolute Gasteiger partial charge is 0.229 e. The fourth-order valence-corrected chi connectivity index (χ4v) is 1.17. The second-order valence-electron chi connectivity index (χ2n) is 3.07. The van der Waals surface area contributed by atoms with Crippen LogP contribution in [-0.2, 0) is 6.54 Å². The third-order valence-electron chi connectivity index (χ3n) is 1.48. The quantitative estimate of drug-likeness (QED) is 0.613. The molecule has 0 atom stereocenters. The summed E-state index contributed by atoms with van der Waals surface area (Å²) in [7, 11) is 3.79. The van der Waals surface area contributed by atoms with E-state index in [1.165, 1.54) is 0 Å². The van der Waals surface area contributed by atoms with Gasteiger partial charge in [0.05, 0.1) is 15.8 Å². The number of nitrogens with zero attached hydrogens (tertiary/aromatic N) is 3. The van der Waals surface area contributed by atoms with E-state index in [1.54, 1.807) is 6.92 Å². The summed E-state index contributed by atoms with van der Waals surface area (Å²) < 4.78 is 13.6. The maximum absolute atomic E-state index is 13.1. The number of halogens is 2. The Bertz CT molecular complexity index is 291. The molecule has 5 heteroatoms. The van der Waals surface area contributed by atoms with Crippen LogP contribution in [0.25, 0.3) is 0 Å². The van der Waals surface area contributed by atoms with Gasteiger partial charge in [0.1, 0.15) is 5.82 Å². The lowest BCUT2D eigenvalue weighted by Gasteiger charge is -2.09. The highest BCUT2D eigenvalue weighted by Crippen LogP contribution is 2.12. The van der Waals surface area contributed by atoms with E-state index in [0.717, 1.165) is 0 Å². The van der Waals surface area contributed by atoms with E-state index in [0.29, 0.717) is 21.6 Å². The van der Waals surface area contributed by atoms with E-state index in [-0.39, 0.29) is 0 Å². The monoisotopic (exact) mass is 295 g/mol. The first-order valence-electron chi connectivity index (χ1n) is 3.84. The van der Waals surface area contributed by atoms with Crippen LogP contribution in [0.2, 0.25) is 0 Å². The summed E-state index contributed by atoms with van der Waals surface area (Å²) in [4.78, 5) is 9.82. The molecule has 72 valence electrons. The molecule has 1 aromatic heterocycles. The van der Waals surface area contributed by atoms with Crippen molar-refractivity contribution in [2.75, 3.05) is 14.1 Å². The van der Waals surface area contributed by atoms with Crippen LogP contribution in [0.1, 0.15) is 11.5 Å². The molecule has 0 saturated carbocycles. The summed E-state index contributed by atoms with van der Waals surface area (Å²) in [6, 6.07) is 0. The Kier molecular flexibility index (Phi) is 3.55. The van der Waals surface area contributed by atoms with Gasteiger partial charge in [0.2, 0.25) is 5.95 Å². The largest absolute Gasteiger partial charge is 0.302 e. The minimum atomic E-state index is -0.426. The molecule has 0 spiro atoms. The highest BCUT2D eigenvalue weighted by atomic mass is 127. The van der Waals surface area contributed by atoms with Gasteiger partial charge in [-0.15, -0.1) is 0 Å². The molecule has 1 heterocycles. The van der Waals surface area contributed by atoms with Crippen molar-refractivity contribution in [1.82, 2.24) is 14.9 Å². The van der Waals surface area contributed by atoms with Crippen molar-refractivity contribution in [3.05, 3.63) is 21.0 Å². The van der Waals surface area contributed by atoms with Crippen LogP contribution < -0.4 is 0 Å². The van der Waals surface area contributed by atoms with Gasteiger partial charge in [-0.2, -0.15) is 4.39 Å². The summed E-state index contributed by atoms with van der Waals surface area (Å²) in [5, 5.41) is 0. The van der Waals surface area contributed by atoms with Crippen LogP contribution in [0.3, 0.4) is 0 Å². The molecule has 0 aliphatic carbocycles. The fourth-order valence-electron chi connectivity index (χ4n) is 0.933. The summed E-state index contributed by atoms with van der Waals surface area (Å²) in [6.45, 7) is 2.35. The van der Waals surface area contributed by atoms with E-state index in [9.17, 15) is 4.39 Å². The third kappa shape index (κ3) is 2.84. The number of aromatic nitrogens is 2. The van der Waals surface area contributed by atoms with E-state index >= 15 is 0 Å². The van der Waals surface area contributed by atoms with E-state index in [4.69, 9.17) is 0 Å². The van der Waals surface area contributed by atoms with Gasteiger partial charge in [0, 0.05) is 0 Å². The molecular formula is C8H11FIN3. The predicted octanol–water partition coefficient (Wildman–Crippen LogP) is 1.59. The van der Waals surface area contributed by atoms with Crippen LogP contribution in [-0.4, -0.2) is 29.0 Å². The normalized spacial score (nSPS) is 10.9. The maximum atomic E-state index is 13.1. The molecule has 0 aliphatic heterocycles. The Hall–Kier alpha value is -0.300. The summed E-state index contributed by atoms with van der Waals surface area (Å²) in [5.41, 5.74) is 0.699. The molecule has 0 fully saturated rings. The topological polar surface area (TPSA) is 29.0 Å². The van der Waals surface area contributed by atoms with Crippen molar-refractivity contribution < 1.29 is 4.39 Å². The molecule has 0 amide bonds. The van der Waals surface area contributed by atoms with Crippen molar-refractivity contribution in [3.8, 4) is 0 Å². The Labute approximate surface area is 90.5 Å². The van der Waals surface area contributed by atoms with Crippen LogP contribution in [0.4, 0.5) is 4.39 Å². The lowest BCUT2D eigenvalue weighted by Crippen LogP contribution is -2.15. The highest BCUT2D eigenvalue weighted by molar-refractivity contribution is 14.1. The van der Waals surface area contributed by atoms with Crippen LogP contribution in [0.5, 0.6) is 0 Å². The third-order valence-corrected chi connectivity index (χ3v) is 2.71. The van der Waals surface area contributed by atoms with Crippen molar-refractivity contribution in [3.63, 3.8) is 0 Å². The molecule has 0 unspecified atom stereocenters. The van der Waals surface area contributed by atoms with Gasteiger partial charge in [0.25, 0.3) is 0 Å². The van der Waals surface area contributed by atoms with Gasteiger partial charge in [-0.3, -0.25) is 0 Å². The van der Waals surface area contributed by atoms with Crippen LogP contribution in [0, 0.1) is 16.4 Å². The Morgan fingerprint density at radius 2 is 2.00 bits per heavy atom. The van der Waals surface area contributed by atoms with Gasteiger partial charge in [-0.05, 0) is 43.6 Å². The van der Waals surface area contributed by atoms with Gasteiger partial charge >= 0.3 is 0 Å². The second kappa shape index (κ2) is 4.28. The number of aryl methyl sites for hydroxylation is 1. The lowest BCUT2D eigenvalue weighted by molar-refractivity contribution is 0.384. The molecule has 13 heavy (non-hydrogen) atoms.